The fourth-order valence-electron chi connectivity index (χ4n) is 1.59. The molecule has 1 aromatic rings. The van der Waals surface area contributed by atoms with E-state index in [-0.39, 0.29) is 5.69 Å². The van der Waals surface area contributed by atoms with Crippen LogP contribution in [0.15, 0.2) is 6.20 Å². The predicted octanol–water partition coefficient (Wildman–Crippen LogP) is 2.70. The summed E-state index contributed by atoms with van der Waals surface area (Å²) in [5.74, 6) is -8.27. The van der Waals surface area contributed by atoms with Gasteiger partial charge in [0.25, 0.3) is 0 Å². The minimum absolute atomic E-state index is 0.0339. The Morgan fingerprint density at radius 3 is 2.05 bits per heavy atom. The normalized spacial score (nSPS) is 12.6. The number of carbonyl (C=O) groups excluding carboxylic acids is 1. The number of aryl methyl sites for hydroxylation is 1. The largest absolute Gasteiger partial charge is 0.478 e. The lowest BCUT2D eigenvalue weighted by atomic mass is 10.1. The zero-order valence-electron chi connectivity index (χ0n) is 10.2. The number of halogens is 6. The van der Waals surface area contributed by atoms with Crippen molar-refractivity contribution in [1.82, 2.24) is 4.98 Å². The number of carboxylic acid groups (broad SMARTS) is 1. The first kappa shape index (κ1) is 16.9. The summed E-state index contributed by atoms with van der Waals surface area (Å²) in [6.45, 7) is 1.23. The summed E-state index contributed by atoms with van der Waals surface area (Å²) >= 11 is 0. The maximum absolute atomic E-state index is 12.3. The lowest BCUT2D eigenvalue weighted by Gasteiger charge is -2.21. The van der Waals surface area contributed by atoms with E-state index in [0.29, 0.717) is 0 Å². The molecule has 5 nitrogen and oxygen atoms in total. The van der Waals surface area contributed by atoms with Gasteiger partial charge in [-0.3, -0.25) is 4.79 Å². The van der Waals surface area contributed by atoms with Crippen molar-refractivity contribution in [3.63, 3.8) is 0 Å². The Bertz CT molecular complexity index is 546. The molecule has 0 bridgehead atoms. The number of amides is 1. The second-order valence-electron chi connectivity index (χ2n) is 4.01. The molecule has 0 aromatic carbocycles. The topological polar surface area (TPSA) is 82.2 Å². The lowest BCUT2D eigenvalue weighted by Crippen LogP contribution is -2.45. The van der Waals surface area contributed by atoms with Crippen molar-refractivity contribution < 1.29 is 41.0 Å². The fraction of sp³-hybridized carbons (Fsp3) is 0.400. The van der Waals surface area contributed by atoms with Crippen molar-refractivity contribution in [2.24, 2.45) is 5.92 Å². The Morgan fingerprint density at radius 2 is 1.67 bits per heavy atom. The van der Waals surface area contributed by atoms with Gasteiger partial charge in [0.15, 0.2) is 0 Å². The summed E-state index contributed by atoms with van der Waals surface area (Å²) in [4.78, 5) is 24.3. The van der Waals surface area contributed by atoms with E-state index in [9.17, 15) is 35.9 Å². The van der Waals surface area contributed by atoms with Crippen LogP contribution < -0.4 is 5.32 Å². The Morgan fingerprint density at radius 1 is 1.19 bits per heavy atom. The molecule has 1 amide bonds. The van der Waals surface area contributed by atoms with Crippen molar-refractivity contribution in [2.75, 3.05) is 5.32 Å². The van der Waals surface area contributed by atoms with Gasteiger partial charge < -0.3 is 15.4 Å². The van der Waals surface area contributed by atoms with E-state index < -0.39 is 41.4 Å². The van der Waals surface area contributed by atoms with Crippen LogP contribution in [0, 0.1) is 12.8 Å². The first-order valence-electron chi connectivity index (χ1n) is 5.21. The van der Waals surface area contributed by atoms with Gasteiger partial charge in [0.1, 0.15) is 5.56 Å². The molecular formula is C10H8F6N2O3. The molecule has 1 aromatic heterocycles. The molecule has 11 heteroatoms. The number of nitrogens with one attached hydrogen (secondary N) is 2. The van der Waals surface area contributed by atoms with Gasteiger partial charge in [0.05, 0.1) is 5.69 Å². The molecule has 118 valence electrons. The zero-order chi connectivity index (χ0) is 16.6. The first-order valence-corrected chi connectivity index (χ1v) is 5.21. The molecule has 3 N–H and O–H groups in total. The number of aromatic nitrogens is 1. The van der Waals surface area contributed by atoms with E-state index in [1.807, 2.05) is 0 Å². The average molecular weight is 318 g/mol. The Labute approximate surface area is 112 Å². The summed E-state index contributed by atoms with van der Waals surface area (Å²) < 4.78 is 74.0. The quantitative estimate of drug-likeness (QED) is 0.749. The maximum Gasteiger partial charge on any atom is 0.409 e. The number of aromatic amines is 1. The van der Waals surface area contributed by atoms with Crippen molar-refractivity contribution in [1.29, 1.82) is 0 Å². The summed E-state index contributed by atoms with van der Waals surface area (Å²) in [5, 5.41) is 10.1. The van der Waals surface area contributed by atoms with Crippen LogP contribution in [0.25, 0.3) is 0 Å². The van der Waals surface area contributed by atoms with Crippen LogP contribution in [-0.2, 0) is 4.79 Å². The first-order chi connectivity index (χ1) is 9.35. The number of aromatic carboxylic acids is 1. The van der Waals surface area contributed by atoms with Gasteiger partial charge in [-0.1, -0.05) is 0 Å². The van der Waals surface area contributed by atoms with Gasteiger partial charge in [0, 0.05) is 11.9 Å². The maximum atomic E-state index is 12.3. The van der Waals surface area contributed by atoms with Gasteiger partial charge in [-0.05, 0) is 6.92 Å². The molecule has 0 saturated carbocycles. The van der Waals surface area contributed by atoms with Gasteiger partial charge in [-0.2, -0.15) is 26.3 Å². The smallest absolute Gasteiger partial charge is 0.409 e. The molecule has 0 atom stereocenters. The van der Waals surface area contributed by atoms with E-state index in [1.165, 1.54) is 12.2 Å². The third-order valence-electron chi connectivity index (χ3n) is 2.47. The van der Waals surface area contributed by atoms with Crippen LogP contribution in [0.2, 0.25) is 0 Å². The molecule has 0 radical (unpaired) electrons. The number of alkyl halides is 6. The summed E-state index contributed by atoms with van der Waals surface area (Å²) in [7, 11) is 0. The summed E-state index contributed by atoms with van der Waals surface area (Å²) in [5.41, 5.74) is -1.33. The number of H-pyrrole nitrogens is 1. The van der Waals surface area contributed by atoms with Crippen molar-refractivity contribution in [3.05, 3.63) is 17.5 Å². The molecule has 0 aliphatic carbocycles. The van der Waals surface area contributed by atoms with E-state index in [4.69, 9.17) is 5.11 Å². The van der Waals surface area contributed by atoms with Crippen LogP contribution in [0.1, 0.15) is 16.1 Å². The summed E-state index contributed by atoms with van der Waals surface area (Å²) in [6.07, 6.45) is -10.9. The number of hydrogen-bond donors (Lipinski definition) is 3. The van der Waals surface area contributed by atoms with Crippen LogP contribution >= 0.6 is 0 Å². The SMILES string of the molecule is Cc1[nH]cc(NC(=O)C(C(F)(F)F)C(F)(F)F)c1C(=O)O. The molecule has 0 aliphatic rings. The number of carbonyl (C=O) groups is 2. The molecule has 0 unspecified atom stereocenters. The second-order valence-corrected chi connectivity index (χ2v) is 4.01. The van der Waals surface area contributed by atoms with E-state index in [2.05, 4.69) is 4.98 Å². The highest BCUT2D eigenvalue weighted by molar-refractivity contribution is 6.02. The number of rotatable bonds is 3. The Hall–Kier alpha value is -2.20. The third kappa shape index (κ3) is 3.67. The van der Waals surface area contributed by atoms with Crippen LogP contribution in [0.5, 0.6) is 0 Å². The van der Waals surface area contributed by atoms with E-state index in [0.717, 1.165) is 6.20 Å². The molecule has 1 rings (SSSR count). The van der Waals surface area contributed by atoms with Gasteiger partial charge in [-0.25, -0.2) is 4.79 Å². The second kappa shape index (κ2) is 5.30. The van der Waals surface area contributed by atoms with Gasteiger partial charge in [0.2, 0.25) is 11.8 Å². The van der Waals surface area contributed by atoms with Crippen LogP contribution in [0.4, 0.5) is 32.0 Å². The minimum atomic E-state index is -5.85. The van der Waals surface area contributed by atoms with Crippen LogP contribution in [-0.4, -0.2) is 34.3 Å². The lowest BCUT2D eigenvalue weighted by molar-refractivity contribution is -0.272. The van der Waals surface area contributed by atoms with Gasteiger partial charge in [-0.15, -0.1) is 0 Å². The molecule has 0 fully saturated rings. The van der Waals surface area contributed by atoms with Crippen molar-refractivity contribution >= 4 is 17.6 Å². The minimum Gasteiger partial charge on any atom is -0.478 e. The predicted molar refractivity (Wildman–Crippen MR) is 56.7 cm³/mol. The molecule has 1 heterocycles. The number of hydrogen-bond acceptors (Lipinski definition) is 2. The zero-order valence-corrected chi connectivity index (χ0v) is 10.2. The Balaban J connectivity index is 3.12. The van der Waals surface area contributed by atoms with E-state index in [1.54, 1.807) is 0 Å². The third-order valence-corrected chi connectivity index (χ3v) is 2.47. The molecular weight excluding hydrogens is 310 g/mol. The average Bonchev–Trinajstić information content (AvgIpc) is 2.54. The molecule has 21 heavy (non-hydrogen) atoms. The highest BCUT2D eigenvalue weighted by Gasteiger charge is 2.61. The Kier molecular flexibility index (Phi) is 4.25. The highest BCUT2D eigenvalue weighted by atomic mass is 19.4. The highest BCUT2D eigenvalue weighted by Crippen LogP contribution is 2.40. The van der Waals surface area contributed by atoms with Crippen molar-refractivity contribution in [2.45, 2.75) is 19.3 Å². The summed E-state index contributed by atoms with van der Waals surface area (Å²) in [6, 6.07) is 0. The number of carboxylic acids is 1. The van der Waals surface area contributed by atoms with E-state index >= 15 is 0 Å². The monoisotopic (exact) mass is 318 g/mol. The fourth-order valence-corrected chi connectivity index (χ4v) is 1.59. The van der Waals surface area contributed by atoms with Crippen LogP contribution in [0.3, 0.4) is 0 Å². The molecule has 0 aliphatic heterocycles. The molecule has 0 spiro atoms. The van der Waals surface area contributed by atoms with Crippen molar-refractivity contribution in [3.8, 4) is 0 Å². The number of anilines is 1. The standard InChI is InChI=1S/C10H8F6N2O3/c1-3-5(8(20)21)4(2-17-3)18-7(19)6(9(11,12)13)10(14,15)16/h2,6,17H,1H3,(H,18,19)(H,20,21). The van der Waals surface area contributed by atoms with Gasteiger partial charge >= 0.3 is 18.3 Å². The molecule has 0 saturated heterocycles.